The molecule has 0 spiro atoms. The number of carbonyl (C=O) groups excluding carboxylic acids is 1. The number of benzene rings is 1. The number of carbonyl (C=O) groups is 1. The second-order valence-corrected chi connectivity index (χ2v) is 6.62. The first-order chi connectivity index (χ1) is 8.71. The van der Waals surface area contributed by atoms with Crippen LogP contribution in [0.5, 0.6) is 0 Å². The van der Waals surface area contributed by atoms with Gasteiger partial charge in [0.2, 0.25) is 0 Å². The molecule has 0 aliphatic heterocycles. The van der Waals surface area contributed by atoms with Gasteiger partial charge in [0.25, 0.3) is 5.91 Å². The van der Waals surface area contributed by atoms with Crippen LogP contribution in [0.15, 0.2) is 22.7 Å². The van der Waals surface area contributed by atoms with E-state index >= 15 is 0 Å². The first kappa shape index (κ1) is 16.1. The van der Waals surface area contributed by atoms with E-state index in [2.05, 4.69) is 40.0 Å². The highest BCUT2D eigenvalue weighted by molar-refractivity contribution is 9.10. The third-order valence-electron chi connectivity index (χ3n) is 2.64. The molecule has 19 heavy (non-hydrogen) atoms. The SMILES string of the molecule is CN(C)CC(C)(C)CNC(=O)c1cc(Br)ccc1F. The van der Waals surface area contributed by atoms with Crippen LogP contribution >= 0.6 is 15.9 Å². The van der Waals surface area contributed by atoms with Gasteiger partial charge in [0.15, 0.2) is 0 Å². The van der Waals surface area contributed by atoms with E-state index < -0.39 is 5.82 Å². The quantitative estimate of drug-likeness (QED) is 0.900. The molecule has 0 saturated carbocycles. The van der Waals surface area contributed by atoms with Crippen molar-refractivity contribution in [2.24, 2.45) is 5.41 Å². The number of amides is 1. The summed E-state index contributed by atoms with van der Waals surface area (Å²) in [6.07, 6.45) is 0. The molecule has 1 amide bonds. The molecule has 0 unspecified atom stereocenters. The van der Waals surface area contributed by atoms with E-state index in [1.54, 1.807) is 6.07 Å². The summed E-state index contributed by atoms with van der Waals surface area (Å²) in [4.78, 5) is 14.0. The Labute approximate surface area is 122 Å². The molecule has 0 radical (unpaired) electrons. The number of rotatable bonds is 5. The van der Waals surface area contributed by atoms with Crippen LogP contribution in [0.2, 0.25) is 0 Å². The van der Waals surface area contributed by atoms with Gasteiger partial charge in [-0.3, -0.25) is 4.79 Å². The van der Waals surface area contributed by atoms with Crippen molar-refractivity contribution in [3.05, 3.63) is 34.1 Å². The monoisotopic (exact) mass is 330 g/mol. The predicted octanol–water partition coefficient (Wildman–Crippen LogP) is 2.91. The first-order valence-electron chi connectivity index (χ1n) is 6.09. The predicted molar refractivity (Wildman–Crippen MR) is 78.8 cm³/mol. The van der Waals surface area contributed by atoms with Gasteiger partial charge >= 0.3 is 0 Å². The molecule has 1 aromatic rings. The average molecular weight is 331 g/mol. The normalized spacial score (nSPS) is 11.7. The van der Waals surface area contributed by atoms with Crippen molar-refractivity contribution in [2.75, 3.05) is 27.2 Å². The maximum atomic E-state index is 13.6. The van der Waals surface area contributed by atoms with E-state index in [1.165, 1.54) is 12.1 Å². The minimum absolute atomic E-state index is 0.0648. The van der Waals surface area contributed by atoms with Crippen LogP contribution in [0, 0.1) is 11.2 Å². The Morgan fingerprint density at radius 2 is 2.05 bits per heavy atom. The summed E-state index contributed by atoms with van der Waals surface area (Å²) in [6, 6.07) is 4.34. The van der Waals surface area contributed by atoms with Gasteiger partial charge in [-0.1, -0.05) is 29.8 Å². The molecule has 0 bridgehead atoms. The highest BCUT2D eigenvalue weighted by Gasteiger charge is 2.21. The molecular formula is C14H20BrFN2O. The maximum Gasteiger partial charge on any atom is 0.254 e. The molecule has 106 valence electrons. The van der Waals surface area contributed by atoms with E-state index in [0.717, 1.165) is 6.54 Å². The summed E-state index contributed by atoms with van der Waals surface area (Å²) < 4.78 is 14.2. The molecule has 0 heterocycles. The minimum atomic E-state index is -0.508. The van der Waals surface area contributed by atoms with Gasteiger partial charge < -0.3 is 10.2 Å². The number of nitrogens with zero attached hydrogens (tertiary/aromatic N) is 1. The lowest BCUT2D eigenvalue weighted by molar-refractivity contribution is 0.0925. The molecular weight excluding hydrogens is 311 g/mol. The molecule has 0 fully saturated rings. The Morgan fingerprint density at radius 1 is 1.42 bits per heavy atom. The molecule has 5 heteroatoms. The topological polar surface area (TPSA) is 32.3 Å². The number of hydrogen-bond acceptors (Lipinski definition) is 2. The number of nitrogens with one attached hydrogen (secondary N) is 1. The second kappa shape index (κ2) is 6.48. The smallest absolute Gasteiger partial charge is 0.254 e. The third-order valence-corrected chi connectivity index (χ3v) is 3.14. The van der Waals surface area contributed by atoms with Gasteiger partial charge in [-0.2, -0.15) is 0 Å². The van der Waals surface area contributed by atoms with Crippen molar-refractivity contribution in [3.8, 4) is 0 Å². The van der Waals surface area contributed by atoms with Crippen molar-refractivity contribution in [2.45, 2.75) is 13.8 Å². The van der Waals surface area contributed by atoms with E-state index in [-0.39, 0.29) is 16.9 Å². The van der Waals surface area contributed by atoms with Crippen LogP contribution < -0.4 is 5.32 Å². The average Bonchev–Trinajstić information content (AvgIpc) is 2.27. The number of hydrogen-bond donors (Lipinski definition) is 1. The number of halogens is 2. The molecule has 0 aliphatic rings. The lowest BCUT2D eigenvalue weighted by Gasteiger charge is -2.28. The van der Waals surface area contributed by atoms with Gasteiger partial charge in [-0.25, -0.2) is 4.39 Å². The van der Waals surface area contributed by atoms with Crippen LogP contribution in [0.1, 0.15) is 24.2 Å². The van der Waals surface area contributed by atoms with Gasteiger partial charge in [0, 0.05) is 17.6 Å². The van der Waals surface area contributed by atoms with E-state index in [0.29, 0.717) is 11.0 Å². The summed E-state index contributed by atoms with van der Waals surface area (Å²) in [5, 5.41) is 2.79. The maximum absolute atomic E-state index is 13.6. The van der Waals surface area contributed by atoms with E-state index in [9.17, 15) is 9.18 Å². The second-order valence-electron chi connectivity index (χ2n) is 5.71. The summed E-state index contributed by atoms with van der Waals surface area (Å²) in [5.74, 6) is -0.892. The zero-order chi connectivity index (χ0) is 14.6. The first-order valence-corrected chi connectivity index (χ1v) is 6.88. The highest BCUT2D eigenvalue weighted by atomic mass is 79.9. The molecule has 0 aromatic heterocycles. The third kappa shape index (κ3) is 5.28. The highest BCUT2D eigenvalue weighted by Crippen LogP contribution is 2.17. The summed E-state index contributed by atoms with van der Waals surface area (Å²) >= 11 is 3.23. The van der Waals surface area contributed by atoms with Crippen LogP contribution in [0.4, 0.5) is 4.39 Å². The molecule has 0 saturated heterocycles. The largest absolute Gasteiger partial charge is 0.351 e. The molecule has 0 aliphatic carbocycles. The van der Waals surface area contributed by atoms with Gasteiger partial charge in [-0.05, 0) is 37.7 Å². The summed E-state index contributed by atoms with van der Waals surface area (Å²) in [5.41, 5.74) is -0.00297. The van der Waals surface area contributed by atoms with Gasteiger partial charge in [-0.15, -0.1) is 0 Å². The Morgan fingerprint density at radius 3 is 2.63 bits per heavy atom. The molecule has 1 N–H and O–H groups in total. The Hall–Kier alpha value is -0.940. The standard InChI is InChI=1S/C14H20BrFN2O/c1-14(2,9-18(3)4)8-17-13(19)11-7-10(15)5-6-12(11)16/h5-7H,8-9H2,1-4H3,(H,17,19). The van der Waals surface area contributed by atoms with Crippen LogP contribution in [0.3, 0.4) is 0 Å². The molecule has 1 aromatic carbocycles. The zero-order valence-electron chi connectivity index (χ0n) is 11.8. The van der Waals surface area contributed by atoms with Gasteiger partial charge in [0.05, 0.1) is 5.56 Å². The molecule has 1 rings (SSSR count). The summed E-state index contributed by atoms with van der Waals surface area (Å²) in [6.45, 7) is 5.46. The molecule has 0 atom stereocenters. The van der Waals surface area contributed by atoms with E-state index in [1.807, 2.05) is 14.1 Å². The molecule has 3 nitrogen and oxygen atoms in total. The zero-order valence-corrected chi connectivity index (χ0v) is 13.3. The fourth-order valence-electron chi connectivity index (χ4n) is 2.00. The fraction of sp³-hybridized carbons (Fsp3) is 0.500. The van der Waals surface area contributed by atoms with Crippen molar-refractivity contribution in [1.29, 1.82) is 0 Å². The van der Waals surface area contributed by atoms with Crippen molar-refractivity contribution in [1.82, 2.24) is 10.2 Å². The van der Waals surface area contributed by atoms with Crippen LogP contribution in [-0.4, -0.2) is 38.0 Å². The Bertz CT molecular complexity index is 461. The van der Waals surface area contributed by atoms with E-state index in [4.69, 9.17) is 0 Å². The Kier molecular flexibility index (Phi) is 5.50. The lowest BCUT2D eigenvalue weighted by atomic mass is 9.93. The Balaban J connectivity index is 2.68. The minimum Gasteiger partial charge on any atom is -0.351 e. The lowest BCUT2D eigenvalue weighted by Crippen LogP contribution is -2.40. The van der Waals surface area contributed by atoms with Crippen LogP contribution in [-0.2, 0) is 0 Å². The van der Waals surface area contributed by atoms with Crippen molar-refractivity contribution in [3.63, 3.8) is 0 Å². The fourth-order valence-corrected chi connectivity index (χ4v) is 2.36. The van der Waals surface area contributed by atoms with Gasteiger partial charge in [0.1, 0.15) is 5.82 Å². The van der Waals surface area contributed by atoms with Crippen LogP contribution in [0.25, 0.3) is 0 Å². The van der Waals surface area contributed by atoms with Crippen molar-refractivity contribution >= 4 is 21.8 Å². The summed E-state index contributed by atoms with van der Waals surface area (Å²) in [7, 11) is 3.97. The van der Waals surface area contributed by atoms with Crippen molar-refractivity contribution < 1.29 is 9.18 Å².